The molecule has 0 radical (unpaired) electrons. The maximum absolute atomic E-state index is 10.4. The van der Waals surface area contributed by atoms with Crippen LogP contribution in [0.3, 0.4) is 0 Å². The van der Waals surface area contributed by atoms with Crippen LogP contribution in [0.5, 0.6) is 0 Å². The van der Waals surface area contributed by atoms with Crippen LogP contribution in [-0.2, 0) is 6.42 Å². The molecular weight excluding hydrogens is 222 g/mol. The van der Waals surface area contributed by atoms with Crippen molar-refractivity contribution < 1.29 is 5.11 Å². The average molecular weight is 239 g/mol. The predicted octanol–water partition coefficient (Wildman–Crippen LogP) is 2.59. The summed E-state index contributed by atoms with van der Waals surface area (Å²) in [6, 6.07) is 18.0. The fraction of sp³-hybridized carbons (Fsp3) is 0.250. The van der Waals surface area contributed by atoms with Gasteiger partial charge in [-0.1, -0.05) is 54.6 Å². The monoisotopic (exact) mass is 239 g/mol. The van der Waals surface area contributed by atoms with E-state index in [1.165, 1.54) is 5.56 Å². The molecule has 0 amide bonds. The molecule has 2 aromatic rings. The molecule has 1 unspecified atom stereocenters. The van der Waals surface area contributed by atoms with Crippen molar-refractivity contribution in [2.24, 2.45) is 11.7 Å². The van der Waals surface area contributed by atoms with E-state index in [1.54, 1.807) is 0 Å². The minimum Gasteiger partial charge on any atom is -0.388 e. The summed E-state index contributed by atoms with van der Waals surface area (Å²) in [6.07, 6.45) is 0.407. The van der Waals surface area contributed by atoms with Crippen molar-refractivity contribution in [2.45, 2.75) is 18.6 Å². The topological polar surface area (TPSA) is 46.2 Å². The number of hydrogen-bond donors (Lipinski definition) is 2. The molecule has 0 aromatic heterocycles. The quantitative estimate of drug-likeness (QED) is 0.846. The lowest BCUT2D eigenvalue weighted by Crippen LogP contribution is -2.24. The van der Waals surface area contributed by atoms with E-state index in [9.17, 15) is 5.11 Å². The van der Waals surface area contributed by atoms with Crippen molar-refractivity contribution in [1.82, 2.24) is 0 Å². The highest BCUT2D eigenvalue weighted by Gasteiger charge is 2.35. The smallest absolute Gasteiger partial charge is 0.0842 e. The Morgan fingerprint density at radius 2 is 1.67 bits per heavy atom. The Labute approximate surface area is 107 Å². The van der Waals surface area contributed by atoms with E-state index in [0.29, 0.717) is 0 Å². The molecule has 0 aliphatic heterocycles. The molecule has 0 heterocycles. The second-order valence-corrected chi connectivity index (χ2v) is 4.95. The number of hydrogen-bond acceptors (Lipinski definition) is 2. The molecule has 0 saturated heterocycles. The molecule has 3 N–H and O–H groups in total. The fourth-order valence-corrected chi connectivity index (χ4v) is 2.85. The second kappa shape index (κ2) is 4.56. The molecule has 92 valence electrons. The number of aliphatic hydroxyl groups excluding tert-OH is 1. The Hall–Kier alpha value is -1.64. The first-order valence-electron chi connectivity index (χ1n) is 6.34. The van der Waals surface area contributed by atoms with Gasteiger partial charge in [0.25, 0.3) is 0 Å². The predicted molar refractivity (Wildman–Crippen MR) is 72.0 cm³/mol. The summed E-state index contributed by atoms with van der Waals surface area (Å²) in [5, 5.41) is 10.4. The van der Waals surface area contributed by atoms with E-state index in [1.807, 2.05) is 48.5 Å². The Kier molecular flexibility index (Phi) is 2.90. The van der Waals surface area contributed by atoms with Crippen molar-refractivity contribution in [3.05, 3.63) is 71.3 Å². The van der Waals surface area contributed by atoms with Gasteiger partial charge in [0, 0.05) is 12.0 Å². The number of nitrogens with two attached hydrogens (primary N) is 1. The zero-order valence-corrected chi connectivity index (χ0v) is 10.2. The largest absolute Gasteiger partial charge is 0.388 e. The summed E-state index contributed by atoms with van der Waals surface area (Å²) in [6.45, 7) is 0. The van der Waals surface area contributed by atoms with Gasteiger partial charge < -0.3 is 10.8 Å². The number of fused-ring (bicyclic) bond motifs is 1. The van der Waals surface area contributed by atoms with Crippen LogP contribution < -0.4 is 5.73 Å². The SMILES string of the molecule is NC(c1ccccc1)[C@H]1Cc2ccccc2[C@H]1O. The first kappa shape index (κ1) is 11.5. The molecule has 0 bridgehead atoms. The molecular formula is C16H17NO. The average Bonchev–Trinajstić information content (AvgIpc) is 2.77. The molecule has 0 fully saturated rings. The van der Waals surface area contributed by atoms with Crippen LogP contribution >= 0.6 is 0 Å². The highest BCUT2D eigenvalue weighted by molar-refractivity contribution is 5.36. The maximum atomic E-state index is 10.4. The van der Waals surface area contributed by atoms with E-state index in [0.717, 1.165) is 17.5 Å². The number of rotatable bonds is 2. The van der Waals surface area contributed by atoms with Crippen LogP contribution in [0.15, 0.2) is 54.6 Å². The highest BCUT2D eigenvalue weighted by atomic mass is 16.3. The van der Waals surface area contributed by atoms with Crippen LogP contribution in [-0.4, -0.2) is 5.11 Å². The molecule has 2 aromatic carbocycles. The molecule has 1 aliphatic rings. The van der Waals surface area contributed by atoms with Gasteiger partial charge in [-0.3, -0.25) is 0 Å². The van der Waals surface area contributed by atoms with Crippen molar-refractivity contribution >= 4 is 0 Å². The Morgan fingerprint density at radius 1 is 1.00 bits per heavy atom. The zero-order valence-electron chi connectivity index (χ0n) is 10.2. The Balaban J connectivity index is 1.88. The van der Waals surface area contributed by atoms with Gasteiger partial charge in [-0.25, -0.2) is 0 Å². The van der Waals surface area contributed by atoms with Gasteiger partial charge in [0.2, 0.25) is 0 Å². The Morgan fingerprint density at radius 3 is 2.39 bits per heavy atom. The molecule has 0 saturated carbocycles. The summed E-state index contributed by atoms with van der Waals surface area (Å²) in [5.41, 5.74) is 9.66. The van der Waals surface area contributed by atoms with Crippen LogP contribution in [0.2, 0.25) is 0 Å². The van der Waals surface area contributed by atoms with Gasteiger partial charge >= 0.3 is 0 Å². The lowest BCUT2D eigenvalue weighted by Gasteiger charge is -2.23. The normalized spacial score (nSPS) is 23.7. The highest BCUT2D eigenvalue weighted by Crippen LogP contribution is 2.41. The molecule has 2 nitrogen and oxygen atoms in total. The first-order chi connectivity index (χ1) is 8.77. The van der Waals surface area contributed by atoms with E-state index in [-0.39, 0.29) is 12.0 Å². The lowest BCUT2D eigenvalue weighted by atomic mass is 9.90. The summed E-state index contributed by atoms with van der Waals surface area (Å²) < 4.78 is 0. The molecule has 1 aliphatic carbocycles. The van der Waals surface area contributed by atoms with Gasteiger partial charge in [-0.15, -0.1) is 0 Å². The fourth-order valence-electron chi connectivity index (χ4n) is 2.85. The minimum absolute atomic E-state index is 0.0739. The van der Waals surface area contributed by atoms with Crippen molar-refractivity contribution in [2.75, 3.05) is 0 Å². The van der Waals surface area contributed by atoms with E-state index in [2.05, 4.69) is 6.07 Å². The summed E-state index contributed by atoms with van der Waals surface area (Å²) >= 11 is 0. The second-order valence-electron chi connectivity index (χ2n) is 4.95. The third-order valence-corrected chi connectivity index (χ3v) is 3.88. The van der Waals surface area contributed by atoms with Crippen LogP contribution in [0, 0.1) is 5.92 Å². The van der Waals surface area contributed by atoms with Crippen molar-refractivity contribution in [1.29, 1.82) is 0 Å². The van der Waals surface area contributed by atoms with Gasteiger partial charge in [0.1, 0.15) is 0 Å². The summed E-state index contributed by atoms with van der Waals surface area (Å²) in [4.78, 5) is 0. The zero-order chi connectivity index (χ0) is 12.5. The standard InChI is InChI=1S/C16H17NO/c17-15(11-6-2-1-3-7-11)14-10-12-8-4-5-9-13(12)16(14)18/h1-9,14-16,18H,10,17H2/t14-,15?,16-/m1/s1. The lowest BCUT2D eigenvalue weighted by molar-refractivity contribution is 0.108. The van der Waals surface area contributed by atoms with Gasteiger partial charge in [-0.05, 0) is 23.1 Å². The molecule has 3 rings (SSSR count). The van der Waals surface area contributed by atoms with E-state index in [4.69, 9.17) is 5.73 Å². The van der Waals surface area contributed by atoms with E-state index >= 15 is 0 Å². The number of aliphatic hydroxyl groups is 1. The van der Waals surface area contributed by atoms with Gasteiger partial charge in [-0.2, -0.15) is 0 Å². The van der Waals surface area contributed by atoms with Crippen LogP contribution in [0.25, 0.3) is 0 Å². The molecule has 18 heavy (non-hydrogen) atoms. The third kappa shape index (κ3) is 1.84. The Bertz CT molecular complexity index is 538. The molecule has 3 atom stereocenters. The van der Waals surface area contributed by atoms with Crippen molar-refractivity contribution in [3.63, 3.8) is 0 Å². The van der Waals surface area contributed by atoms with Crippen molar-refractivity contribution in [3.8, 4) is 0 Å². The summed E-state index contributed by atoms with van der Waals surface area (Å²) in [7, 11) is 0. The van der Waals surface area contributed by atoms with E-state index < -0.39 is 6.10 Å². The third-order valence-electron chi connectivity index (χ3n) is 3.88. The molecule has 2 heteroatoms. The van der Waals surface area contributed by atoms with Gasteiger partial charge in [0.15, 0.2) is 0 Å². The van der Waals surface area contributed by atoms with Crippen LogP contribution in [0.1, 0.15) is 28.8 Å². The summed E-state index contributed by atoms with van der Waals surface area (Å²) in [5.74, 6) is 0.0739. The number of benzene rings is 2. The minimum atomic E-state index is -0.448. The maximum Gasteiger partial charge on any atom is 0.0842 e. The molecule has 0 spiro atoms. The van der Waals surface area contributed by atoms with Crippen LogP contribution in [0.4, 0.5) is 0 Å². The first-order valence-corrected chi connectivity index (χ1v) is 6.34. The van der Waals surface area contributed by atoms with Gasteiger partial charge in [0.05, 0.1) is 6.10 Å².